The number of hydrogen-bond donors (Lipinski definition) is 3. The number of rotatable bonds is 2. The van der Waals surface area contributed by atoms with E-state index in [1.54, 1.807) is 25.2 Å². The number of aliphatic hydroxyl groups is 2. The summed E-state index contributed by atoms with van der Waals surface area (Å²) in [7, 11) is 1.59. The number of hydrogen-bond acceptors (Lipinski definition) is 3. The smallest absolute Gasteiger partial charge is 0.270 e. The predicted molar refractivity (Wildman–Crippen MR) is 80.0 cm³/mol. The van der Waals surface area contributed by atoms with E-state index in [1.165, 1.54) is 11.0 Å². The van der Waals surface area contributed by atoms with E-state index in [-0.39, 0.29) is 11.6 Å². The number of likely N-dealkylation sites (N-methyl/N-ethyl adjacent to an activating group) is 1. The molecule has 6 heteroatoms. The van der Waals surface area contributed by atoms with Crippen LogP contribution in [-0.2, 0) is 0 Å². The topological polar surface area (TPSA) is 76.6 Å². The number of fused-ring (bicyclic) bond motifs is 1. The Bertz CT molecular complexity index is 700. The highest BCUT2D eigenvalue weighted by Crippen LogP contribution is 2.25. The summed E-state index contributed by atoms with van der Waals surface area (Å²) in [5, 5.41) is 20.5. The lowest BCUT2D eigenvalue weighted by molar-refractivity contribution is -0.0527. The second-order valence-corrected chi connectivity index (χ2v) is 5.86. The fraction of sp³-hybridized carbons (Fsp3) is 0.438. The molecule has 1 aliphatic rings. The molecule has 3 rings (SSSR count). The lowest BCUT2D eigenvalue weighted by Crippen LogP contribution is -2.51. The largest absolute Gasteiger partial charge is 0.390 e. The van der Waals surface area contributed by atoms with Crippen molar-refractivity contribution in [1.29, 1.82) is 0 Å². The van der Waals surface area contributed by atoms with Gasteiger partial charge in [-0.3, -0.25) is 4.79 Å². The standard InChI is InChI=1S/C16H19FN2O3/c1-19(12-6-3-7-13(20)15(12)21)16(22)11-8-9-4-2-5-10(17)14(9)18-11/h2,4-5,8,12-13,15,18,20-21H,3,6-7H2,1H3/t12-,13-,15-/m1/s1. The molecule has 0 bridgehead atoms. The molecule has 1 aliphatic carbocycles. The molecule has 1 saturated carbocycles. The molecular formula is C16H19FN2O3. The number of aliphatic hydroxyl groups excluding tert-OH is 2. The van der Waals surface area contributed by atoms with Gasteiger partial charge in [-0.1, -0.05) is 12.1 Å². The van der Waals surface area contributed by atoms with Gasteiger partial charge in [0.15, 0.2) is 0 Å². The van der Waals surface area contributed by atoms with Gasteiger partial charge in [-0.05, 0) is 31.4 Å². The minimum Gasteiger partial charge on any atom is -0.390 e. The van der Waals surface area contributed by atoms with Crippen LogP contribution in [0.4, 0.5) is 4.39 Å². The number of carbonyl (C=O) groups is 1. The summed E-state index contributed by atoms with van der Waals surface area (Å²) in [5.74, 6) is -0.735. The quantitative estimate of drug-likeness (QED) is 0.789. The van der Waals surface area contributed by atoms with Crippen molar-refractivity contribution < 1.29 is 19.4 Å². The molecule has 0 aliphatic heterocycles. The third kappa shape index (κ3) is 2.48. The third-order valence-electron chi connectivity index (χ3n) is 4.44. The average molecular weight is 306 g/mol. The van der Waals surface area contributed by atoms with E-state index in [2.05, 4.69) is 4.98 Å². The fourth-order valence-corrected chi connectivity index (χ4v) is 3.13. The van der Waals surface area contributed by atoms with E-state index in [0.717, 1.165) is 6.42 Å². The number of amides is 1. The van der Waals surface area contributed by atoms with Crippen LogP contribution >= 0.6 is 0 Å². The fourth-order valence-electron chi connectivity index (χ4n) is 3.13. The third-order valence-corrected chi connectivity index (χ3v) is 4.44. The van der Waals surface area contributed by atoms with Crippen LogP contribution in [0.3, 0.4) is 0 Å². The van der Waals surface area contributed by atoms with Crippen LogP contribution in [0.2, 0.25) is 0 Å². The van der Waals surface area contributed by atoms with Gasteiger partial charge in [0, 0.05) is 12.4 Å². The number of nitrogens with zero attached hydrogens (tertiary/aromatic N) is 1. The molecule has 1 aromatic heterocycles. The molecule has 0 saturated heterocycles. The van der Waals surface area contributed by atoms with Crippen LogP contribution in [0, 0.1) is 5.82 Å². The summed E-state index contributed by atoms with van der Waals surface area (Å²) < 4.78 is 13.7. The highest BCUT2D eigenvalue weighted by Gasteiger charge is 2.35. The van der Waals surface area contributed by atoms with Gasteiger partial charge in [-0.2, -0.15) is 0 Å². The maximum Gasteiger partial charge on any atom is 0.270 e. The van der Waals surface area contributed by atoms with Gasteiger partial charge < -0.3 is 20.1 Å². The van der Waals surface area contributed by atoms with Gasteiger partial charge in [-0.25, -0.2) is 4.39 Å². The summed E-state index contributed by atoms with van der Waals surface area (Å²) in [4.78, 5) is 16.8. The zero-order valence-electron chi connectivity index (χ0n) is 12.3. The number of benzene rings is 1. The van der Waals surface area contributed by atoms with E-state index in [9.17, 15) is 19.4 Å². The van der Waals surface area contributed by atoms with E-state index >= 15 is 0 Å². The Hall–Kier alpha value is -1.92. The van der Waals surface area contributed by atoms with Gasteiger partial charge in [0.25, 0.3) is 5.91 Å². The van der Waals surface area contributed by atoms with Gasteiger partial charge in [-0.15, -0.1) is 0 Å². The summed E-state index contributed by atoms with van der Waals surface area (Å²) >= 11 is 0. The molecule has 22 heavy (non-hydrogen) atoms. The second kappa shape index (κ2) is 5.70. The highest BCUT2D eigenvalue weighted by atomic mass is 19.1. The van der Waals surface area contributed by atoms with E-state index in [4.69, 9.17) is 0 Å². The van der Waals surface area contributed by atoms with Crippen LogP contribution in [0.25, 0.3) is 10.9 Å². The SMILES string of the molecule is CN(C(=O)c1cc2cccc(F)c2[nH]1)[C@@H]1CCC[C@@H](O)[C@@H]1O. The molecule has 1 aromatic carbocycles. The van der Waals surface area contributed by atoms with Crippen LogP contribution < -0.4 is 0 Å². The first-order chi connectivity index (χ1) is 10.5. The molecule has 3 atom stereocenters. The number of halogens is 1. The van der Waals surface area contributed by atoms with E-state index in [0.29, 0.717) is 23.7 Å². The number of aromatic nitrogens is 1. The van der Waals surface area contributed by atoms with Crippen molar-refractivity contribution in [2.45, 2.75) is 37.5 Å². The molecule has 2 aromatic rings. The molecule has 5 nitrogen and oxygen atoms in total. The van der Waals surface area contributed by atoms with E-state index < -0.39 is 24.1 Å². The first-order valence-corrected chi connectivity index (χ1v) is 7.39. The van der Waals surface area contributed by atoms with Crippen LogP contribution in [0.1, 0.15) is 29.8 Å². The average Bonchev–Trinajstić information content (AvgIpc) is 2.94. The monoisotopic (exact) mass is 306 g/mol. The minimum atomic E-state index is -0.955. The van der Waals surface area contributed by atoms with Crippen molar-refractivity contribution in [2.75, 3.05) is 7.05 Å². The molecule has 0 radical (unpaired) electrons. The maximum atomic E-state index is 13.7. The van der Waals surface area contributed by atoms with Crippen LogP contribution in [0.5, 0.6) is 0 Å². The van der Waals surface area contributed by atoms with Crippen molar-refractivity contribution in [3.8, 4) is 0 Å². The lowest BCUT2D eigenvalue weighted by Gasteiger charge is -2.37. The Morgan fingerprint density at radius 2 is 2.14 bits per heavy atom. The van der Waals surface area contributed by atoms with Gasteiger partial charge in [0.1, 0.15) is 17.6 Å². The molecule has 3 N–H and O–H groups in total. The number of aromatic amines is 1. The maximum absolute atomic E-state index is 13.7. The van der Waals surface area contributed by atoms with Crippen molar-refractivity contribution in [3.05, 3.63) is 35.8 Å². The Labute approximate surface area is 127 Å². The Morgan fingerprint density at radius 3 is 2.86 bits per heavy atom. The zero-order valence-corrected chi connectivity index (χ0v) is 12.3. The van der Waals surface area contributed by atoms with Crippen molar-refractivity contribution in [2.24, 2.45) is 0 Å². The normalized spacial score (nSPS) is 25.4. The molecule has 1 amide bonds. The Morgan fingerprint density at radius 1 is 1.36 bits per heavy atom. The summed E-state index contributed by atoms with van der Waals surface area (Å²) in [6.45, 7) is 0. The Kier molecular flexibility index (Phi) is 3.88. The molecule has 0 unspecified atom stereocenters. The lowest BCUT2D eigenvalue weighted by atomic mass is 9.89. The van der Waals surface area contributed by atoms with Crippen molar-refractivity contribution >= 4 is 16.8 Å². The summed E-state index contributed by atoms with van der Waals surface area (Å²) in [6, 6.07) is 5.81. The van der Waals surface area contributed by atoms with Crippen LogP contribution in [-0.4, -0.2) is 51.3 Å². The Balaban J connectivity index is 1.87. The van der Waals surface area contributed by atoms with Crippen molar-refractivity contribution in [1.82, 2.24) is 9.88 Å². The second-order valence-electron chi connectivity index (χ2n) is 5.86. The molecule has 1 fully saturated rings. The van der Waals surface area contributed by atoms with Crippen LogP contribution in [0.15, 0.2) is 24.3 Å². The number of para-hydroxylation sites is 1. The number of H-pyrrole nitrogens is 1. The first kappa shape index (κ1) is 15.0. The van der Waals surface area contributed by atoms with Gasteiger partial charge in [0.2, 0.25) is 0 Å². The minimum absolute atomic E-state index is 0.273. The van der Waals surface area contributed by atoms with Crippen molar-refractivity contribution in [3.63, 3.8) is 0 Å². The molecule has 1 heterocycles. The number of carbonyl (C=O) groups excluding carboxylic acids is 1. The highest BCUT2D eigenvalue weighted by molar-refractivity contribution is 5.98. The summed E-state index contributed by atoms with van der Waals surface area (Å²) in [6.07, 6.45) is 0.159. The number of nitrogens with one attached hydrogen (secondary N) is 1. The van der Waals surface area contributed by atoms with Gasteiger partial charge >= 0.3 is 0 Å². The first-order valence-electron chi connectivity index (χ1n) is 7.39. The predicted octanol–water partition coefficient (Wildman–Crippen LogP) is 1.65. The molecule has 0 spiro atoms. The molecule has 118 valence electrons. The zero-order chi connectivity index (χ0) is 15.9. The van der Waals surface area contributed by atoms with Gasteiger partial charge in [0.05, 0.1) is 17.7 Å². The summed E-state index contributed by atoms with van der Waals surface area (Å²) in [5.41, 5.74) is 0.568. The van der Waals surface area contributed by atoms with E-state index in [1.807, 2.05) is 0 Å². The molecular weight excluding hydrogens is 287 g/mol.